The van der Waals surface area contributed by atoms with E-state index in [2.05, 4.69) is 30.5 Å². The monoisotopic (exact) mass is 318 g/mol. The lowest BCUT2D eigenvalue weighted by molar-refractivity contribution is 0.174. The predicted octanol–water partition coefficient (Wildman–Crippen LogP) is 1.39. The Morgan fingerprint density at radius 3 is 2.87 bits per heavy atom. The van der Waals surface area contributed by atoms with Gasteiger partial charge in [0.05, 0.1) is 13.1 Å². The zero-order valence-corrected chi connectivity index (χ0v) is 13.4. The molecule has 0 bridgehead atoms. The van der Waals surface area contributed by atoms with Crippen LogP contribution in [0, 0.1) is 6.92 Å². The quantitative estimate of drug-likeness (QED) is 0.854. The average molecular weight is 318 g/mol. The lowest BCUT2D eigenvalue weighted by Crippen LogP contribution is -2.45. The van der Waals surface area contributed by atoms with E-state index in [0.29, 0.717) is 30.2 Å². The molecular formula is C15H22N6O2. The summed E-state index contributed by atoms with van der Waals surface area (Å²) < 4.78 is 10.5. The molecule has 1 N–H and O–H groups in total. The highest BCUT2D eigenvalue weighted by atomic mass is 16.5. The summed E-state index contributed by atoms with van der Waals surface area (Å²) in [5.41, 5.74) is 0. The number of hydrogen-bond donors (Lipinski definition) is 1. The van der Waals surface area contributed by atoms with Crippen LogP contribution in [0.1, 0.15) is 55.0 Å². The molecule has 1 aliphatic heterocycles. The van der Waals surface area contributed by atoms with Crippen molar-refractivity contribution in [1.29, 1.82) is 0 Å². The average Bonchev–Trinajstić information content (AvgIpc) is 3.16. The molecule has 3 heterocycles. The predicted molar refractivity (Wildman–Crippen MR) is 80.4 cm³/mol. The van der Waals surface area contributed by atoms with Crippen molar-refractivity contribution in [1.82, 2.24) is 30.5 Å². The molecule has 124 valence electrons. The van der Waals surface area contributed by atoms with Crippen LogP contribution in [0.4, 0.5) is 0 Å². The molecule has 1 saturated heterocycles. The summed E-state index contributed by atoms with van der Waals surface area (Å²) >= 11 is 0. The minimum absolute atomic E-state index is 0.422. The van der Waals surface area contributed by atoms with E-state index < -0.39 is 0 Å². The Kier molecular flexibility index (Phi) is 4.09. The molecule has 8 nitrogen and oxygen atoms in total. The smallest absolute Gasteiger partial charge is 0.240 e. The first-order valence-corrected chi connectivity index (χ1v) is 8.33. The van der Waals surface area contributed by atoms with Crippen LogP contribution in [0.2, 0.25) is 0 Å². The summed E-state index contributed by atoms with van der Waals surface area (Å²) in [6.45, 7) is 5.25. The molecule has 4 rings (SSSR count). The summed E-state index contributed by atoms with van der Waals surface area (Å²) in [4.78, 5) is 11.1. The summed E-state index contributed by atoms with van der Waals surface area (Å²) in [6.07, 6.45) is 4.69. The van der Waals surface area contributed by atoms with E-state index in [1.807, 2.05) is 6.92 Å². The zero-order chi connectivity index (χ0) is 15.6. The largest absolute Gasteiger partial charge is 0.339 e. The first-order valence-electron chi connectivity index (χ1n) is 8.33. The normalized spacial score (nSPS) is 22.6. The second-order valence-corrected chi connectivity index (χ2v) is 6.51. The standard InChI is InChI=1S/C15H22N6O2/c1-10-17-14(22-19-10)7-16-12-3-2-6-21(8-12)9-13-18-15(23-20-13)11-4-5-11/h11-12,16H,2-9H2,1H3/t12-/m0/s1. The van der Waals surface area contributed by atoms with Crippen molar-refractivity contribution >= 4 is 0 Å². The Morgan fingerprint density at radius 2 is 2.09 bits per heavy atom. The van der Waals surface area contributed by atoms with E-state index in [0.717, 1.165) is 44.2 Å². The summed E-state index contributed by atoms with van der Waals surface area (Å²) in [5.74, 6) is 3.46. The van der Waals surface area contributed by atoms with Crippen molar-refractivity contribution in [2.24, 2.45) is 0 Å². The van der Waals surface area contributed by atoms with Gasteiger partial charge < -0.3 is 14.4 Å². The van der Waals surface area contributed by atoms with Gasteiger partial charge >= 0.3 is 0 Å². The number of rotatable bonds is 6. The molecule has 0 spiro atoms. The highest BCUT2D eigenvalue weighted by Gasteiger charge is 2.30. The van der Waals surface area contributed by atoms with Crippen LogP contribution in [0.3, 0.4) is 0 Å². The number of nitrogens with one attached hydrogen (secondary N) is 1. The van der Waals surface area contributed by atoms with Crippen molar-refractivity contribution in [3.63, 3.8) is 0 Å². The minimum atomic E-state index is 0.422. The van der Waals surface area contributed by atoms with Gasteiger partial charge in [0, 0.05) is 18.5 Å². The second-order valence-electron chi connectivity index (χ2n) is 6.51. The highest BCUT2D eigenvalue weighted by Crippen LogP contribution is 2.38. The van der Waals surface area contributed by atoms with E-state index in [-0.39, 0.29) is 0 Å². The second kappa shape index (κ2) is 6.37. The fourth-order valence-corrected chi connectivity index (χ4v) is 3.04. The maximum absolute atomic E-state index is 5.33. The van der Waals surface area contributed by atoms with Crippen LogP contribution in [-0.4, -0.2) is 44.3 Å². The lowest BCUT2D eigenvalue weighted by Gasteiger charge is -2.32. The van der Waals surface area contributed by atoms with Crippen molar-refractivity contribution in [3.05, 3.63) is 23.4 Å². The van der Waals surface area contributed by atoms with E-state index in [4.69, 9.17) is 9.05 Å². The van der Waals surface area contributed by atoms with E-state index in [1.165, 1.54) is 12.8 Å². The maximum atomic E-state index is 5.33. The Morgan fingerprint density at radius 1 is 1.17 bits per heavy atom. The van der Waals surface area contributed by atoms with Gasteiger partial charge in [-0.25, -0.2) is 0 Å². The Hall–Kier alpha value is -1.80. The molecule has 8 heteroatoms. The van der Waals surface area contributed by atoms with Gasteiger partial charge in [0.1, 0.15) is 0 Å². The lowest BCUT2D eigenvalue weighted by atomic mass is 10.1. The Bertz CT molecular complexity index is 650. The molecule has 2 aromatic rings. The van der Waals surface area contributed by atoms with Gasteiger partial charge in [-0.05, 0) is 39.2 Å². The third-order valence-electron chi connectivity index (χ3n) is 4.39. The van der Waals surface area contributed by atoms with Gasteiger partial charge in [-0.1, -0.05) is 10.3 Å². The van der Waals surface area contributed by atoms with Gasteiger partial charge in [-0.3, -0.25) is 4.90 Å². The van der Waals surface area contributed by atoms with Gasteiger partial charge in [-0.2, -0.15) is 9.97 Å². The van der Waals surface area contributed by atoms with Crippen LogP contribution in [0.5, 0.6) is 0 Å². The number of aromatic nitrogens is 4. The number of aryl methyl sites for hydroxylation is 1. The zero-order valence-electron chi connectivity index (χ0n) is 13.4. The summed E-state index contributed by atoms with van der Waals surface area (Å²) in [7, 11) is 0. The van der Waals surface area contributed by atoms with Crippen molar-refractivity contribution in [2.45, 2.75) is 57.7 Å². The molecule has 23 heavy (non-hydrogen) atoms. The Labute approximate surface area is 134 Å². The van der Waals surface area contributed by atoms with Gasteiger partial charge in [-0.15, -0.1) is 0 Å². The van der Waals surface area contributed by atoms with E-state index in [9.17, 15) is 0 Å². The van der Waals surface area contributed by atoms with Crippen molar-refractivity contribution in [2.75, 3.05) is 13.1 Å². The third-order valence-corrected chi connectivity index (χ3v) is 4.39. The minimum Gasteiger partial charge on any atom is -0.339 e. The molecule has 0 amide bonds. The number of likely N-dealkylation sites (tertiary alicyclic amines) is 1. The van der Waals surface area contributed by atoms with Crippen molar-refractivity contribution < 1.29 is 9.05 Å². The molecule has 2 fully saturated rings. The molecule has 1 aliphatic carbocycles. The molecule has 2 aromatic heterocycles. The molecule has 0 aromatic carbocycles. The number of nitrogens with zero attached hydrogens (tertiary/aromatic N) is 5. The molecule has 2 aliphatic rings. The SMILES string of the molecule is Cc1noc(CN[C@H]2CCCN(Cc3noc(C4CC4)n3)C2)n1. The maximum Gasteiger partial charge on any atom is 0.240 e. The Balaban J connectivity index is 1.27. The first-order chi connectivity index (χ1) is 11.3. The van der Waals surface area contributed by atoms with Gasteiger partial charge in [0.25, 0.3) is 0 Å². The summed E-state index contributed by atoms with van der Waals surface area (Å²) in [5, 5.41) is 11.4. The van der Waals surface area contributed by atoms with Crippen LogP contribution >= 0.6 is 0 Å². The van der Waals surface area contributed by atoms with Crippen LogP contribution in [0.15, 0.2) is 9.05 Å². The van der Waals surface area contributed by atoms with Gasteiger partial charge in [0.15, 0.2) is 11.6 Å². The third kappa shape index (κ3) is 3.76. The van der Waals surface area contributed by atoms with Crippen LogP contribution in [0.25, 0.3) is 0 Å². The van der Waals surface area contributed by atoms with E-state index in [1.54, 1.807) is 0 Å². The summed E-state index contributed by atoms with van der Waals surface area (Å²) in [6, 6.07) is 0.422. The highest BCUT2D eigenvalue weighted by molar-refractivity contribution is 5.01. The number of hydrogen-bond acceptors (Lipinski definition) is 8. The fourth-order valence-electron chi connectivity index (χ4n) is 3.04. The van der Waals surface area contributed by atoms with Crippen LogP contribution < -0.4 is 5.32 Å². The van der Waals surface area contributed by atoms with E-state index >= 15 is 0 Å². The molecule has 0 unspecified atom stereocenters. The fraction of sp³-hybridized carbons (Fsp3) is 0.733. The molecule has 1 saturated carbocycles. The molecule has 0 radical (unpaired) electrons. The topological polar surface area (TPSA) is 93.1 Å². The first kappa shape index (κ1) is 14.8. The molecule has 1 atom stereocenters. The van der Waals surface area contributed by atoms with Gasteiger partial charge in [0.2, 0.25) is 11.8 Å². The number of piperidine rings is 1. The van der Waals surface area contributed by atoms with Crippen LogP contribution in [-0.2, 0) is 13.1 Å². The van der Waals surface area contributed by atoms with Crippen molar-refractivity contribution in [3.8, 4) is 0 Å². The molecular weight excluding hydrogens is 296 g/mol.